The first-order valence-electron chi connectivity index (χ1n) is 6.01. The Hall–Kier alpha value is -1.92. The van der Waals surface area contributed by atoms with Crippen LogP contribution >= 0.6 is 0 Å². The summed E-state index contributed by atoms with van der Waals surface area (Å²) in [5.74, 6) is 0.264. The Kier molecular flexibility index (Phi) is 2.58. The van der Waals surface area contributed by atoms with Crippen molar-refractivity contribution in [1.82, 2.24) is 9.97 Å². The molecule has 1 aliphatic rings. The van der Waals surface area contributed by atoms with Crippen molar-refractivity contribution in [1.29, 1.82) is 0 Å². The van der Waals surface area contributed by atoms with Crippen molar-refractivity contribution in [2.45, 2.75) is 25.1 Å². The highest BCUT2D eigenvalue weighted by molar-refractivity contribution is 5.81. The van der Waals surface area contributed by atoms with Crippen LogP contribution in [0.4, 0.5) is 24.8 Å². The maximum absolute atomic E-state index is 12.6. The van der Waals surface area contributed by atoms with Gasteiger partial charge in [-0.1, -0.05) is 0 Å². The van der Waals surface area contributed by atoms with Crippen LogP contribution in [-0.2, 0) is 0 Å². The van der Waals surface area contributed by atoms with Gasteiger partial charge < -0.3 is 15.6 Å². The first-order chi connectivity index (χ1) is 8.92. The Morgan fingerprint density at radius 2 is 2.11 bits per heavy atom. The molecule has 4 nitrogen and oxygen atoms in total. The zero-order valence-electron chi connectivity index (χ0n) is 10.0. The van der Waals surface area contributed by atoms with Gasteiger partial charge in [0.15, 0.2) is 0 Å². The third-order valence-electron chi connectivity index (χ3n) is 3.10. The fraction of sp³-hybridized carbons (Fsp3) is 0.417. The Morgan fingerprint density at radius 1 is 1.37 bits per heavy atom. The van der Waals surface area contributed by atoms with Crippen molar-refractivity contribution in [3.63, 3.8) is 0 Å². The van der Waals surface area contributed by atoms with Crippen molar-refractivity contribution in [2.24, 2.45) is 0 Å². The second kappa shape index (κ2) is 4.04. The highest BCUT2D eigenvalue weighted by atomic mass is 19.4. The SMILES string of the molecule is Nc1ccc2nc(N(CC(F)(F)F)C3CC3)[nH]c2c1. The molecule has 3 rings (SSSR count). The molecular weight excluding hydrogens is 257 g/mol. The smallest absolute Gasteiger partial charge is 0.399 e. The number of benzene rings is 1. The fourth-order valence-electron chi connectivity index (χ4n) is 2.11. The maximum Gasteiger partial charge on any atom is 0.406 e. The normalized spacial score (nSPS) is 15.9. The van der Waals surface area contributed by atoms with E-state index in [0.29, 0.717) is 16.7 Å². The highest BCUT2D eigenvalue weighted by Crippen LogP contribution is 2.34. The number of nitrogens with zero attached hydrogens (tertiary/aromatic N) is 2. The maximum atomic E-state index is 12.6. The number of anilines is 2. The summed E-state index contributed by atoms with van der Waals surface area (Å²) in [4.78, 5) is 8.42. The second-order valence-electron chi connectivity index (χ2n) is 4.81. The molecule has 1 aromatic carbocycles. The van der Waals surface area contributed by atoms with E-state index in [-0.39, 0.29) is 12.0 Å². The number of rotatable bonds is 3. The largest absolute Gasteiger partial charge is 0.406 e. The molecule has 1 fully saturated rings. The van der Waals surface area contributed by atoms with Crippen LogP contribution in [0.5, 0.6) is 0 Å². The standard InChI is InChI=1S/C12H13F3N4/c13-12(14,15)6-19(8-2-3-8)11-17-9-4-1-7(16)5-10(9)18-11/h1,4-5,8H,2-3,6,16H2,(H,17,18). The number of hydrogen-bond acceptors (Lipinski definition) is 3. The number of aromatic nitrogens is 2. The number of hydrogen-bond donors (Lipinski definition) is 2. The van der Waals surface area contributed by atoms with Crippen molar-refractivity contribution < 1.29 is 13.2 Å². The monoisotopic (exact) mass is 270 g/mol. The molecule has 0 aliphatic heterocycles. The number of H-pyrrole nitrogens is 1. The van der Waals surface area contributed by atoms with Gasteiger partial charge in [-0.15, -0.1) is 0 Å². The predicted molar refractivity (Wildman–Crippen MR) is 66.9 cm³/mol. The summed E-state index contributed by atoms with van der Waals surface area (Å²) in [6.45, 7) is -0.979. The van der Waals surface area contributed by atoms with E-state index < -0.39 is 12.7 Å². The van der Waals surface area contributed by atoms with E-state index in [0.717, 1.165) is 12.8 Å². The quantitative estimate of drug-likeness (QED) is 0.843. The van der Waals surface area contributed by atoms with Crippen LogP contribution < -0.4 is 10.6 Å². The molecule has 102 valence electrons. The van der Waals surface area contributed by atoms with Crippen LogP contribution in [0.25, 0.3) is 11.0 Å². The molecule has 0 unspecified atom stereocenters. The lowest BCUT2D eigenvalue weighted by atomic mass is 10.3. The molecule has 0 bridgehead atoms. The van der Waals surface area contributed by atoms with Gasteiger partial charge in [0.2, 0.25) is 5.95 Å². The lowest BCUT2D eigenvalue weighted by Gasteiger charge is -2.22. The molecule has 19 heavy (non-hydrogen) atoms. The average molecular weight is 270 g/mol. The van der Waals surface area contributed by atoms with Gasteiger partial charge in [0.05, 0.1) is 11.0 Å². The van der Waals surface area contributed by atoms with Gasteiger partial charge >= 0.3 is 6.18 Å². The third-order valence-corrected chi connectivity index (χ3v) is 3.10. The average Bonchev–Trinajstić information content (AvgIpc) is 3.05. The van der Waals surface area contributed by atoms with Crippen LogP contribution in [0, 0.1) is 0 Å². The van der Waals surface area contributed by atoms with Crippen LogP contribution in [0.15, 0.2) is 18.2 Å². The third kappa shape index (κ3) is 2.59. The zero-order chi connectivity index (χ0) is 13.6. The number of nitrogens with two attached hydrogens (primary N) is 1. The number of imidazole rings is 1. The van der Waals surface area contributed by atoms with Crippen molar-refractivity contribution >= 4 is 22.7 Å². The van der Waals surface area contributed by atoms with E-state index in [4.69, 9.17) is 5.73 Å². The van der Waals surface area contributed by atoms with Crippen LogP contribution in [0.1, 0.15) is 12.8 Å². The molecule has 1 saturated carbocycles. The minimum absolute atomic E-state index is 0.0699. The predicted octanol–water partition coefficient (Wildman–Crippen LogP) is 2.68. The Balaban J connectivity index is 1.95. The summed E-state index contributed by atoms with van der Waals surface area (Å²) in [5, 5.41) is 0. The van der Waals surface area contributed by atoms with Crippen LogP contribution in [0.3, 0.4) is 0 Å². The lowest BCUT2D eigenvalue weighted by Crippen LogP contribution is -2.36. The number of fused-ring (bicyclic) bond motifs is 1. The Bertz CT molecular complexity index is 601. The Labute approximate surface area is 107 Å². The molecule has 7 heteroatoms. The summed E-state index contributed by atoms with van der Waals surface area (Å²) in [6, 6.07) is 4.98. The van der Waals surface area contributed by atoms with Gasteiger partial charge in [-0.25, -0.2) is 4.98 Å². The number of alkyl halides is 3. The number of aromatic amines is 1. The van der Waals surface area contributed by atoms with Gasteiger partial charge in [0.1, 0.15) is 6.54 Å². The minimum Gasteiger partial charge on any atom is -0.399 e. The molecule has 0 saturated heterocycles. The molecule has 0 atom stereocenters. The summed E-state index contributed by atoms with van der Waals surface area (Å²) >= 11 is 0. The first-order valence-corrected chi connectivity index (χ1v) is 6.01. The van der Waals surface area contributed by atoms with Crippen molar-refractivity contribution in [2.75, 3.05) is 17.2 Å². The van der Waals surface area contributed by atoms with Gasteiger partial charge in [0.25, 0.3) is 0 Å². The molecular formula is C12H13F3N4. The van der Waals surface area contributed by atoms with E-state index in [1.54, 1.807) is 18.2 Å². The van der Waals surface area contributed by atoms with Crippen LogP contribution in [0.2, 0.25) is 0 Å². The summed E-state index contributed by atoms with van der Waals surface area (Å²) in [5.41, 5.74) is 7.47. The van der Waals surface area contributed by atoms with E-state index >= 15 is 0 Å². The number of halogens is 3. The summed E-state index contributed by atoms with van der Waals surface area (Å²) in [6.07, 6.45) is -2.69. The Morgan fingerprint density at radius 3 is 2.74 bits per heavy atom. The summed E-state index contributed by atoms with van der Waals surface area (Å²) in [7, 11) is 0. The molecule has 2 aromatic rings. The molecule has 1 aliphatic carbocycles. The van der Waals surface area contributed by atoms with E-state index in [1.807, 2.05) is 0 Å². The number of nitrogens with one attached hydrogen (secondary N) is 1. The molecule has 1 aromatic heterocycles. The fourth-order valence-corrected chi connectivity index (χ4v) is 2.11. The first kappa shape index (κ1) is 12.1. The molecule has 1 heterocycles. The van der Waals surface area contributed by atoms with Gasteiger partial charge in [-0.05, 0) is 31.0 Å². The lowest BCUT2D eigenvalue weighted by molar-refractivity contribution is -0.120. The summed E-state index contributed by atoms with van der Waals surface area (Å²) < 4.78 is 37.8. The van der Waals surface area contributed by atoms with Crippen molar-refractivity contribution in [3.05, 3.63) is 18.2 Å². The van der Waals surface area contributed by atoms with E-state index in [2.05, 4.69) is 9.97 Å². The number of nitrogen functional groups attached to an aromatic ring is 1. The molecule has 3 N–H and O–H groups in total. The van der Waals surface area contributed by atoms with Gasteiger partial charge in [0, 0.05) is 11.7 Å². The zero-order valence-corrected chi connectivity index (χ0v) is 10.0. The van der Waals surface area contributed by atoms with Gasteiger partial charge in [-0.3, -0.25) is 0 Å². The van der Waals surface area contributed by atoms with E-state index in [9.17, 15) is 13.2 Å². The van der Waals surface area contributed by atoms with Crippen molar-refractivity contribution in [3.8, 4) is 0 Å². The van der Waals surface area contributed by atoms with Gasteiger partial charge in [-0.2, -0.15) is 13.2 Å². The molecule has 0 amide bonds. The molecule has 0 radical (unpaired) electrons. The van der Waals surface area contributed by atoms with Crippen LogP contribution in [-0.4, -0.2) is 28.7 Å². The molecule has 0 spiro atoms. The van der Waals surface area contributed by atoms with E-state index in [1.165, 1.54) is 4.90 Å². The minimum atomic E-state index is -4.24. The second-order valence-corrected chi connectivity index (χ2v) is 4.81. The topological polar surface area (TPSA) is 57.9 Å². The highest BCUT2D eigenvalue weighted by Gasteiger charge is 2.39.